The molecule has 0 unspecified atom stereocenters. The normalized spacial score (nSPS) is 17.1. The minimum absolute atomic E-state index is 0.550. The molecule has 0 radical (unpaired) electrons. The zero-order valence-electron chi connectivity index (χ0n) is 8.75. The van der Waals surface area contributed by atoms with E-state index < -0.39 is 0 Å². The van der Waals surface area contributed by atoms with Gasteiger partial charge in [0.25, 0.3) is 0 Å². The van der Waals surface area contributed by atoms with E-state index in [1.54, 1.807) is 0 Å². The Bertz CT molecular complexity index is 356. The van der Waals surface area contributed by atoms with Gasteiger partial charge in [-0.05, 0) is 37.8 Å². The fourth-order valence-electron chi connectivity index (χ4n) is 1.58. The van der Waals surface area contributed by atoms with Gasteiger partial charge in [0.05, 0.1) is 5.69 Å². The van der Waals surface area contributed by atoms with Crippen LogP contribution in [0.5, 0.6) is 0 Å². The van der Waals surface area contributed by atoms with Crippen LogP contribution in [0, 0.1) is 19.8 Å². The number of hydrogen-bond acceptors (Lipinski definition) is 1. The van der Waals surface area contributed by atoms with Crippen molar-refractivity contribution >= 4 is 11.5 Å². The Hall–Kier alpha value is -1.31. The monoisotopic (exact) mass is 188 g/mol. The molecule has 1 saturated carbocycles. The SMILES string of the molecule is Cc1cccc(C)c1N=C(N)C1CC1. The quantitative estimate of drug-likeness (QED) is 0.562. The van der Waals surface area contributed by atoms with E-state index in [0.717, 1.165) is 11.5 Å². The highest BCUT2D eigenvalue weighted by Crippen LogP contribution is 2.31. The third-order valence-corrected chi connectivity index (χ3v) is 2.68. The number of nitrogens with zero attached hydrogens (tertiary/aromatic N) is 1. The van der Waals surface area contributed by atoms with E-state index in [4.69, 9.17) is 5.73 Å². The molecule has 0 heterocycles. The van der Waals surface area contributed by atoms with Gasteiger partial charge in [-0.2, -0.15) is 0 Å². The number of amidine groups is 1. The predicted octanol–water partition coefficient (Wildman–Crippen LogP) is 2.70. The first-order chi connectivity index (χ1) is 6.68. The van der Waals surface area contributed by atoms with Crippen molar-refractivity contribution in [1.82, 2.24) is 0 Å². The molecular formula is C12H16N2. The molecule has 2 nitrogen and oxygen atoms in total. The molecule has 0 spiro atoms. The van der Waals surface area contributed by atoms with E-state index in [1.807, 2.05) is 0 Å². The van der Waals surface area contributed by atoms with Crippen LogP contribution in [0.1, 0.15) is 24.0 Å². The van der Waals surface area contributed by atoms with Gasteiger partial charge in [-0.3, -0.25) is 0 Å². The second-order valence-corrected chi connectivity index (χ2v) is 4.05. The van der Waals surface area contributed by atoms with Gasteiger partial charge < -0.3 is 5.73 Å². The maximum Gasteiger partial charge on any atom is 0.103 e. The molecule has 0 atom stereocenters. The van der Waals surface area contributed by atoms with Gasteiger partial charge >= 0.3 is 0 Å². The van der Waals surface area contributed by atoms with Gasteiger partial charge in [-0.1, -0.05) is 18.2 Å². The number of aliphatic imine (C=N–C) groups is 1. The second kappa shape index (κ2) is 3.45. The molecule has 74 valence electrons. The molecule has 2 rings (SSSR count). The maximum atomic E-state index is 5.90. The van der Waals surface area contributed by atoms with Crippen LogP contribution in [0.25, 0.3) is 0 Å². The van der Waals surface area contributed by atoms with Crippen LogP contribution in [0.15, 0.2) is 23.2 Å². The van der Waals surface area contributed by atoms with Gasteiger partial charge in [0.2, 0.25) is 0 Å². The van der Waals surface area contributed by atoms with Crippen LogP contribution in [0.3, 0.4) is 0 Å². The van der Waals surface area contributed by atoms with E-state index in [9.17, 15) is 0 Å². The lowest BCUT2D eigenvalue weighted by atomic mass is 10.1. The van der Waals surface area contributed by atoms with Crippen LogP contribution in [-0.4, -0.2) is 5.84 Å². The lowest BCUT2D eigenvalue weighted by Gasteiger charge is -2.05. The highest BCUT2D eigenvalue weighted by atomic mass is 14.9. The van der Waals surface area contributed by atoms with E-state index in [0.29, 0.717) is 5.92 Å². The van der Waals surface area contributed by atoms with Crippen LogP contribution in [0.4, 0.5) is 5.69 Å². The first kappa shape index (κ1) is 9.25. The van der Waals surface area contributed by atoms with Crippen molar-refractivity contribution in [2.75, 3.05) is 0 Å². The molecule has 1 aliphatic rings. The number of benzene rings is 1. The Morgan fingerprint density at radius 3 is 2.36 bits per heavy atom. The molecular weight excluding hydrogens is 172 g/mol. The number of rotatable bonds is 2. The number of hydrogen-bond donors (Lipinski definition) is 1. The minimum atomic E-state index is 0.550. The molecule has 0 amide bonds. The van der Waals surface area contributed by atoms with Crippen LogP contribution in [-0.2, 0) is 0 Å². The average Bonchev–Trinajstić information content (AvgIpc) is 2.94. The standard InChI is InChI=1S/C12H16N2/c1-8-4-3-5-9(2)11(8)14-12(13)10-6-7-10/h3-5,10H,6-7H2,1-2H3,(H2,13,14). The van der Waals surface area contributed by atoms with Crippen molar-refractivity contribution in [2.24, 2.45) is 16.6 Å². The van der Waals surface area contributed by atoms with Gasteiger partial charge in [-0.25, -0.2) is 4.99 Å². The zero-order chi connectivity index (χ0) is 10.1. The van der Waals surface area contributed by atoms with Crippen molar-refractivity contribution in [3.63, 3.8) is 0 Å². The summed E-state index contributed by atoms with van der Waals surface area (Å²) < 4.78 is 0. The molecule has 2 N–H and O–H groups in total. The lowest BCUT2D eigenvalue weighted by Crippen LogP contribution is -2.13. The van der Waals surface area contributed by atoms with Crippen LogP contribution in [0.2, 0.25) is 0 Å². The Balaban J connectivity index is 2.35. The fourth-order valence-corrected chi connectivity index (χ4v) is 1.58. The van der Waals surface area contributed by atoms with Gasteiger partial charge in [0.15, 0.2) is 0 Å². The summed E-state index contributed by atoms with van der Waals surface area (Å²) in [5, 5.41) is 0. The number of nitrogens with two attached hydrogens (primary N) is 1. The van der Waals surface area contributed by atoms with Crippen molar-refractivity contribution in [2.45, 2.75) is 26.7 Å². The van der Waals surface area contributed by atoms with E-state index >= 15 is 0 Å². The summed E-state index contributed by atoms with van der Waals surface area (Å²) in [6.07, 6.45) is 2.42. The number of aryl methyl sites for hydroxylation is 2. The molecule has 1 aromatic rings. The molecule has 1 aromatic carbocycles. The third kappa shape index (κ3) is 1.79. The first-order valence-corrected chi connectivity index (χ1v) is 5.09. The highest BCUT2D eigenvalue weighted by molar-refractivity contribution is 5.87. The highest BCUT2D eigenvalue weighted by Gasteiger charge is 2.25. The molecule has 14 heavy (non-hydrogen) atoms. The summed E-state index contributed by atoms with van der Waals surface area (Å²) in [4.78, 5) is 4.51. The molecule has 1 aliphatic carbocycles. The van der Waals surface area contributed by atoms with Crippen LogP contribution < -0.4 is 5.73 Å². The first-order valence-electron chi connectivity index (χ1n) is 5.09. The molecule has 0 aromatic heterocycles. The lowest BCUT2D eigenvalue weighted by molar-refractivity contribution is 1.15. The summed E-state index contributed by atoms with van der Waals surface area (Å²) in [5.41, 5.74) is 9.36. The second-order valence-electron chi connectivity index (χ2n) is 4.05. The number of para-hydroxylation sites is 1. The maximum absolute atomic E-state index is 5.90. The van der Waals surface area contributed by atoms with E-state index in [-0.39, 0.29) is 0 Å². The predicted molar refractivity (Wildman–Crippen MR) is 59.9 cm³/mol. The summed E-state index contributed by atoms with van der Waals surface area (Å²) in [5.74, 6) is 1.36. The van der Waals surface area contributed by atoms with Gasteiger partial charge in [-0.15, -0.1) is 0 Å². The molecule has 0 bridgehead atoms. The average molecular weight is 188 g/mol. The molecule has 0 aliphatic heterocycles. The largest absolute Gasteiger partial charge is 0.387 e. The van der Waals surface area contributed by atoms with Crippen molar-refractivity contribution in [3.05, 3.63) is 29.3 Å². The van der Waals surface area contributed by atoms with E-state index in [1.165, 1.54) is 24.0 Å². The molecule has 1 fully saturated rings. The van der Waals surface area contributed by atoms with Crippen LogP contribution >= 0.6 is 0 Å². The summed E-state index contributed by atoms with van der Waals surface area (Å²) >= 11 is 0. The zero-order valence-corrected chi connectivity index (χ0v) is 8.75. The topological polar surface area (TPSA) is 38.4 Å². The molecule has 0 saturated heterocycles. The van der Waals surface area contributed by atoms with Crippen molar-refractivity contribution in [3.8, 4) is 0 Å². The van der Waals surface area contributed by atoms with Crippen molar-refractivity contribution < 1.29 is 0 Å². The minimum Gasteiger partial charge on any atom is -0.387 e. The van der Waals surface area contributed by atoms with E-state index in [2.05, 4.69) is 37.0 Å². The summed E-state index contributed by atoms with van der Waals surface area (Å²) in [6.45, 7) is 4.15. The molecule has 2 heteroatoms. The van der Waals surface area contributed by atoms with Gasteiger partial charge in [0, 0.05) is 5.92 Å². The Morgan fingerprint density at radius 2 is 1.86 bits per heavy atom. The summed E-state index contributed by atoms with van der Waals surface area (Å²) in [7, 11) is 0. The Kier molecular flexibility index (Phi) is 2.28. The smallest absolute Gasteiger partial charge is 0.103 e. The Labute approximate surface area is 84.9 Å². The fraction of sp³-hybridized carbons (Fsp3) is 0.417. The van der Waals surface area contributed by atoms with Gasteiger partial charge in [0.1, 0.15) is 5.84 Å². The third-order valence-electron chi connectivity index (χ3n) is 2.68. The Morgan fingerprint density at radius 1 is 1.29 bits per heavy atom. The van der Waals surface area contributed by atoms with Crippen molar-refractivity contribution in [1.29, 1.82) is 0 Å². The summed E-state index contributed by atoms with van der Waals surface area (Å²) in [6, 6.07) is 6.20.